The second-order valence-electron chi connectivity index (χ2n) is 6.18. The third-order valence-electron chi connectivity index (χ3n) is 4.19. The van der Waals surface area contributed by atoms with Gasteiger partial charge in [-0.25, -0.2) is 0 Å². The fraction of sp³-hybridized carbons (Fsp3) is 0.500. The van der Waals surface area contributed by atoms with E-state index >= 15 is 0 Å². The Morgan fingerprint density at radius 1 is 1.48 bits per heavy atom. The molecule has 2 aromatic rings. The topological polar surface area (TPSA) is 64.9 Å². The van der Waals surface area contributed by atoms with Crippen molar-refractivity contribution < 1.29 is 4.52 Å². The standard InChI is InChI=1S/C16H20BrN3O/c1-11-4-3-7-16(18,10-11)15-19-14(21-20-15)9-12-5-2-6-13(17)8-12/h2,5-6,8,11H,3-4,7,9-10,18H2,1H3. The molecule has 1 heterocycles. The zero-order chi connectivity index (χ0) is 14.9. The fourth-order valence-electron chi connectivity index (χ4n) is 3.15. The number of rotatable bonds is 3. The van der Waals surface area contributed by atoms with E-state index in [-0.39, 0.29) is 0 Å². The molecule has 21 heavy (non-hydrogen) atoms. The summed E-state index contributed by atoms with van der Waals surface area (Å²) >= 11 is 3.47. The molecule has 1 aliphatic rings. The van der Waals surface area contributed by atoms with E-state index in [1.54, 1.807) is 0 Å². The molecule has 0 saturated heterocycles. The van der Waals surface area contributed by atoms with E-state index in [4.69, 9.17) is 10.3 Å². The van der Waals surface area contributed by atoms with Crippen molar-refractivity contribution in [3.8, 4) is 0 Å². The highest BCUT2D eigenvalue weighted by Crippen LogP contribution is 2.36. The lowest BCUT2D eigenvalue weighted by molar-refractivity contribution is 0.221. The van der Waals surface area contributed by atoms with Crippen molar-refractivity contribution in [1.29, 1.82) is 0 Å². The van der Waals surface area contributed by atoms with Crippen LogP contribution in [0.15, 0.2) is 33.3 Å². The summed E-state index contributed by atoms with van der Waals surface area (Å²) in [5.74, 6) is 1.92. The Morgan fingerprint density at radius 2 is 2.33 bits per heavy atom. The van der Waals surface area contributed by atoms with E-state index in [1.807, 2.05) is 12.1 Å². The second-order valence-corrected chi connectivity index (χ2v) is 7.09. The van der Waals surface area contributed by atoms with E-state index in [1.165, 1.54) is 6.42 Å². The predicted octanol–water partition coefficient (Wildman–Crippen LogP) is 3.79. The van der Waals surface area contributed by atoms with Crippen molar-refractivity contribution >= 4 is 15.9 Å². The van der Waals surface area contributed by atoms with Crippen LogP contribution in [0.5, 0.6) is 0 Å². The highest BCUT2D eigenvalue weighted by molar-refractivity contribution is 9.10. The summed E-state index contributed by atoms with van der Waals surface area (Å²) in [5, 5.41) is 4.14. The molecule has 5 heteroatoms. The van der Waals surface area contributed by atoms with E-state index in [2.05, 4.69) is 45.1 Å². The number of nitrogens with zero attached hydrogens (tertiary/aromatic N) is 2. The van der Waals surface area contributed by atoms with Crippen molar-refractivity contribution in [1.82, 2.24) is 10.1 Å². The number of aromatic nitrogens is 2. The molecule has 0 radical (unpaired) electrons. The van der Waals surface area contributed by atoms with Gasteiger partial charge in [-0.05, 0) is 36.5 Å². The average molecular weight is 350 g/mol. The number of halogens is 1. The van der Waals surface area contributed by atoms with Crippen molar-refractivity contribution in [3.05, 3.63) is 46.0 Å². The summed E-state index contributed by atoms with van der Waals surface area (Å²) in [6.07, 6.45) is 4.88. The van der Waals surface area contributed by atoms with Gasteiger partial charge in [-0.2, -0.15) is 4.98 Å². The average Bonchev–Trinajstić information content (AvgIpc) is 2.88. The minimum atomic E-state index is -0.420. The van der Waals surface area contributed by atoms with Crippen molar-refractivity contribution in [3.63, 3.8) is 0 Å². The Balaban J connectivity index is 1.77. The van der Waals surface area contributed by atoms with Crippen molar-refractivity contribution in [2.45, 2.75) is 44.6 Å². The molecule has 3 rings (SSSR count). The highest BCUT2D eigenvalue weighted by atomic mass is 79.9. The van der Waals surface area contributed by atoms with E-state index < -0.39 is 5.54 Å². The lowest BCUT2D eigenvalue weighted by Crippen LogP contribution is -2.42. The lowest BCUT2D eigenvalue weighted by atomic mass is 9.76. The Hall–Kier alpha value is -1.20. The number of hydrogen-bond donors (Lipinski definition) is 1. The molecular formula is C16H20BrN3O. The number of benzene rings is 1. The molecule has 0 bridgehead atoms. The zero-order valence-electron chi connectivity index (χ0n) is 12.2. The molecule has 1 aromatic carbocycles. The maximum absolute atomic E-state index is 6.51. The van der Waals surface area contributed by atoms with Gasteiger partial charge in [0.05, 0.1) is 12.0 Å². The van der Waals surface area contributed by atoms with Crippen LogP contribution in [-0.2, 0) is 12.0 Å². The van der Waals surface area contributed by atoms with Crippen LogP contribution < -0.4 is 5.73 Å². The van der Waals surface area contributed by atoms with Crippen LogP contribution in [-0.4, -0.2) is 10.1 Å². The van der Waals surface area contributed by atoms with E-state index in [0.717, 1.165) is 29.3 Å². The zero-order valence-corrected chi connectivity index (χ0v) is 13.8. The molecule has 0 amide bonds. The first kappa shape index (κ1) is 14.7. The summed E-state index contributed by atoms with van der Waals surface area (Å²) in [7, 11) is 0. The van der Waals surface area contributed by atoms with Gasteiger partial charge in [0.2, 0.25) is 5.89 Å². The summed E-state index contributed by atoms with van der Waals surface area (Å²) < 4.78 is 6.46. The Bertz CT molecular complexity index is 627. The lowest BCUT2D eigenvalue weighted by Gasteiger charge is -2.33. The normalized spacial score (nSPS) is 26.0. The molecule has 112 valence electrons. The van der Waals surface area contributed by atoms with Crippen LogP contribution in [0.3, 0.4) is 0 Å². The van der Waals surface area contributed by atoms with Crippen LogP contribution in [0, 0.1) is 5.92 Å². The quantitative estimate of drug-likeness (QED) is 0.915. The van der Waals surface area contributed by atoms with E-state index in [9.17, 15) is 0 Å². The maximum atomic E-state index is 6.51. The molecule has 1 aromatic heterocycles. The molecule has 1 saturated carbocycles. The van der Waals surface area contributed by atoms with Gasteiger partial charge in [0.1, 0.15) is 0 Å². The monoisotopic (exact) mass is 349 g/mol. The van der Waals surface area contributed by atoms with Gasteiger partial charge in [-0.1, -0.05) is 53.0 Å². The molecular weight excluding hydrogens is 330 g/mol. The smallest absolute Gasteiger partial charge is 0.231 e. The van der Waals surface area contributed by atoms with Crippen LogP contribution >= 0.6 is 15.9 Å². The van der Waals surface area contributed by atoms with Gasteiger partial charge in [-0.15, -0.1) is 0 Å². The fourth-order valence-corrected chi connectivity index (χ4v) is 3.59. The van der Waals surface area contributed by atoms with E-state index in [0.29, 0.717) is 24.1 Å². The highest BCUT2D eigenvalue weighted by Gasteiger charge is 2.36. The minimum Gasteiger partial charge on any atom is -0.339 e. The largest absolute Gasteiger partial charge is 0.339 e. The molecule has 2 unspecified atom stereocenters. The predicted molar refractivity (Wildman–Crippen MR) is 84.7 cm³/mol. The molecule has 2 atom stereocenters. The third kappa shape index (κ3) is 3.35. The molecule has 4 nitrogen and oxygen atoms in total. The van der Waals surface area contributed by atoms with Gasteiger partial charge < -0.3 is 10.3 Å². The van der Waals surface area contributed by atoms with Crippen molar-refractivity contribution in [2.75, 3.05) is 0 Å². The number of nitrogens with two attached hydrogens (primary N) is 1. The van der Waals surface area contributed by atoms with Crippen LogP contribution in [0.2, 0.25) is 0 Å². The summed E-state index contributed by atoms with van der Waals surface area (Å²) in [6, 6.07) is 8.12. The molecule has 0 spiro atoms. The summed E-state index contributed by atoms with van der Waals surface area (Å²) in [6.45, 7) is 2.24. The molecule has 2 N–H and O–H groups in total. The van der Waals surface area contributed by atoms with Crippen LogP contribution in [0.25, 0.3) is 0 Å². The minimum absolute atomic E-state index is 0.420. The Morgan fingerprint density at radius 3 is 3.10 bits per heavy atom. The van der Waals surface area contributed by atoms with Gasteiger partial charge in [-0.3, -0.25) is 0 Å². The van der Waals surface area contributed by atoms with Crippen LogP contribution in [0.1, 0.15) is 49.9 Å². The Labute approximate surface area is 133 Å². The SMILES string of the molecule is CC1CCCC(N)(c2noc(Cc3cccc(Br)c3)n2)C1. The molecule has 0 aliphatic heterocycles. The first-order chi connectivity index (χ1) is 10.0. The van der Waals surface area contributed by atoms with Gasteiger partial charge >= 0.3 is 0 Å². The first-order valence-electron chi connectivity index (χ1n) is 7.41. The van der Waals surface area contributed by atoms with Crippen molar-refractivity contribution in [2.24, 2.45) is 11.7 Å². The second kappa shape index (κ2) is 5.89. The number of hydrogen-bond acceptors (Lipinski definition) is 4. The third-order valence-corrected chi connectivity index (χ3v) is 4.68. The Kier molecular flexibility index (Phi) is 4.13. The van der Waals surface area contributed by atoms with Crippen LogP contribution in [0.4, 0.5) is 0 Å². The van der Waals surface area contributed by atoms with Gasteiger partial charge in [0.15, 0.2) is 5.82 Å². The van der Waals surface area contributed by atoms with Gasteiger partial charge in [0.25, 0.3) is 0 Å². The molecule has 1 fully saturated rings. The molecule has 1 aliphatic carbocycles. The first-order valence-corrected chi connectivity index (χ1v) is 8.21. The van der Waals surface area contributed by atoms with Gasteiger partial charge in [0, 0.05) is 4.47 Å². The maximum Gasteiger partial charge on any atom is 0.231 e. The summed E-state index contributed by atoms with van der Waals surface area (Å²) in [4.78, 5) is 4.55. The summed E-state index contributed by atoms with van der Waals surface area (Å²) in [5.41, 5.74) is 7.23.